The molecule has 7 nitrogen and oxygen atoms in total. The number of nitrogens with one attached hydrogen (secondary N) is 1. The van der Waals surface area contributed by atoms with E-state index >= 15 is 0 Å². The summed E-state index contributed by atoms with van der Waals surface area (Å²) in [7, 11) is 0. The normalized spacial score (nSPS) is 13.4. The zero-order valence-electron chi connectivity index (χ0n) is 17.8. The largest absolute Gasteiger partial charge is 0.322 e. The van der Waals surface area contributed by atoms with Gasteiger partial charge < -0.3 is 9.88 Å². The fraction of sp³-hybridized carbons (Fsp3) is 0.250. The number of fused-ring (bicyclic) bond motifs is 1. The van der Waals surface area contributed by atoms with E-state index in [-0.39, 0.29) is 11.1 Å². The molecule has 4 aromatic rings. The van der Waals surface area contributed by atoms with Crippen LogP contribution in [0, 0.1) is 6.92 Å². The summed E-state index contributed by atoms with van der Waals surface area (Å²) in [6.45, 7) is 2.70. The Balaban J connectivity index is 1.42. The van der Waals surface area contributed by atoms with Crippen LogP contribution in [-0.2, 0) is 13.0 Å². The first kappa shape index (κ1) is 20.5. The molecule has 2 aromatic carbocycles. The van der Waals surface area contributed by atoms with Crippen molar-refractivity contribution >= 4 is 23.2 Å². The predicted octanol–water partition coefficient (Wildman–Crippen LogP) is 5.07. The first-order valence-corrected chi connectivity index (χ1v) is 11.1. The number of nitrogens with zero attached hydrogens (tertiary/aromatic N) is 5. The van der Waals surface area contributed by atoms with Crippen molar-refractivity contribution in [2.45, 2.75) is 39.2 Å². The number of aromatic nitrogens is 5. The van der Waals surface area contributed by atoms with Crippen LogP contribution in [0.2, 0.25) is 5.15 Å². The lowest BCUT2D eigenvalue weighted by Gasteiger charge is -2.10. The zero-order valence-corrected chi connectivity index (χ0v) is 18.5. The number of anilines is 1. The molecule has 0 fully saturated rings. The number of carbonyl (C=O) groups excluding carboxylic acids is 1. The number of hydrogen-bond donors (Lipinski definition) is 1. The molecule has 3 heterocycles. The highest BCUT2D eigenvalue weighted by Gasteiger charge is 2.22. The van der Waals surface area contributed by atoms with Crippen LogP contribution in [0.4, 0.5) is 5.69 Å². The van der Waals surface area contributed by atoms with Crippen LogP contribution in [0.15, 0.2) is 54.6 Å². The summed E-state index contributed by atoms with van der Waals surface area (Å²) in [5.74, 6) is 1.57. The molecule has 0 radical (unpaired) electrons. The Morgan fingerprint density at radius 1 is 1.03 bits per heavy atom. The number of amides is 1. The van der Waals surface area contributed by atoms with Crippen LogP contribution in [-0.4, -0.2) is 30.5 Å². The first-order valence-electron chi connectivity index (χ1n) is 10.8. The third kappa shape index (κ3) is 3.80. The van der Waals surface area contributed by atoms with Crippen LogP contribution in [0.3, 0.4) is 0 Å². The van der Waals surface area contributed by atoms with Gasteiger partial charge in [-0.3, -0.25) is 4.79 Å². The average Bonchev–Trinajstić information content (AvgIpc) is 3.24. The van der Waals surface area contributed by atoms with E-state index < -0.39 is 0 Å². The molecule has 1 aliphatic rings. The fourth-order valence-electron chi connectivity index (χ4n) is 4.13. The van der Waals surface area contributed by atoms with Crippen molar-refractivity contribution < 1.29 is 4.79 Å². The standard InChI is InChI=1S/C24H23ClN6O/c1-16-21(22(25)31(29-16)19-11-4-2-5-12-19)24(32)26-18-10-8-9-17(15-18)23-28-27-20-13-6-3-7-14-30(20)23/h2,4-5,8-12,15H,3,6-7,13-14H2,1H3,(H,26,32). The van der Waals surface area contributed by atoms with E-state index in [2.05, 4.69) is 25.2 Å². The molecule has 0 atom stereocenters. The van der Waals surface area contributed by atoms with Gasteiger partial charge in [0, 0.05) is 24.2 Å². The maximum absolute atomic E-state index is 13.1. The number of aryl methyl sites for hydroxylation is 2. The van der Waals surface area contributed by atoms with Crippen molar-refractivity contribution in [1.29, 1.82) is 0 Å². The van der Waals surface area contributed by atoms with E-state index in [0.29, 0.717) is 16.9 Å². The summed E-state index contributed by atoms with van der Waals surface area (Å²) >= 11 is 6.55. The Kier molecular flexibility index (Phi) is 5.49. The molecule has 0 saturated carbocycles. The average molecular weight is 447 g/mol. The second kappa shape index (κ2) is 8.59. The number of carbonyl (C=O) groups is 1. The van der Waals surface area contributed by atoms with Crippen molar-refractivity contribution in [3.05, 3.63) is 76.8 Å². The fourth-order valence-corrected chi connectivity index (χ4v) is 4.48. The van der Waals surface area contributed by atoms with Crippen LogP contribution in [0.1, 0.15) is 41.1 Å². The molecule has 0 spiro atoms. The lowest BCUT2D eigenvalue weighted by molar-refractivity contribution is 0.102. The number of para-hydroxylation sites is 1. The molecule has 0 saturated heterocycles. The molecular formula is C24H23ClN6O. The summed E-state index contributed by atoms with van der Waals surface area (Å²) in [5, 5.41) is 16.5. The van der Waals surface area contributed by atoms with Crippen molar-refractivity contribution in [3.8, 4) is 17.1 Å². The third-order valence-electron chi connectivity index (χ3n) is 5.72. The Morgan fingerprint density at radius 2 is 1.88 bits per heavy atom. The molecule has 0 bridgehead atoms. The molecule has 1 amide bonds. The van der Waals surface area contributed by atoms with Gasteiger partial charge in [-0.05, 0) is 44.0 Å². The molecule has 162 valence electrons. The minimum absolute atomic E-state index is 0.283. The Hall–Kier alpha value is -3.45. The lowest BCUT2D eigenvalue weighted by atomic mass is 10.1. The second-order valence-electron chi connectivity index (χ2n) is 7.94. The monoisotopic (exact) mass is 446 g/mol. The Labute approximate surface area is 191 Å². The highest BCUT2D eigenvalue weighted by Crippen LogP contribution is 2.27. The molecule has 0 aliphatic carbocycles. The van der Waals surface area contributed by atoms with Gasteiger partial charge in [0.05, 0.1) is 11.4 Å². The summed E-state index contributed by atoms with van der Waals surface area (Å²) in [6, 6.07) is 17.2. The molecule has 1 N–H and O–H groups in total. The van der Waals surface area contributed by atoms with E-state index in [4.69, 9.17) is 11.6 Å². The van der Waals surface area contributed by atoms with Gasteiger partial charge in [-0.2, -0.15) is 5.10 Å². The van der Waals surface area contributed by atoms with Gasteiger partial charge in [0.1, 0.15) is 16.5 Å². The molecule has 8 heteroatoms. The van der Waals surface area contributed by atoms with E-state index in [0.717, 1.165) is 48.7 Å². The predicted molar refractivity (Wildman–Crippen MR) is 124 cm³/mol. The third-order valence-corrected chi connectivity index (χ3v) is 6.07. The van der Waals surface area contributed by atoms with Crippen molar-refractivity contribution in [1.82, 2.24) is 24.5 Å². The summed E-state index contributed by atoms with van der Waals surface area (Å²) < 4.78 is 3.77. The van der Waals surface area contributed by atoms with E-state index in [1.54, 1.807) is 11.6 Å². The summed E-state index contributed by atoms with van der Waals surface area (Å²) in [6.07, 6.45) is 4.42. The van der Waals surface area contributed by atoms with Crippen LogP contribution in [0.25, 0.3) is 17.1 Å². The number of rotatable bonds is 4. The molecule has 2 aromatic heterocycles. The summed E-state index contributed by atoms with van der Waals surface area (Å²) in [4.78, 5) is 13.1. The van der Waals surface area contributed by atoms with E-state index in [1.807, 2.05) is 54.6 Å². The van der Waals surface area contributed by atoms with Crippen molar-refractivity contribution in [2.75, 3.05) is 5.32 Å². The van der Waals surface area contributed by atoms with Gasteiger partial charge in [-0.1, -0.05) is 48.4 Å². The molecule has 32 heavy (non-hydrogen) atoms. The highest BCUT2D eigenvalue weighted by molar-refractivity contribution is 6.34. The maximum Gasteiger partial charge on any atom is 0.260 e. The first-order chi connectivity index (χ1) is 15.6. The van der Waals surface area contributed by atoms with E-state index in [1.165, 1.54) is 6.42 Å². The number of hydrogen-bond acceptors (Lipinski definition) is 4. The molecule has 1 aliphatic heterocycles. The molecule has 5 rings (SSSR count). The molecule has 0 unspecified atom stereocenters. The maximum atomic E-state index is 13.1. The van der Waals surface area contributed by atoms with Crippen LogP contribution in [0.5, 0.6) is 0 Å². The lowest BCUT2D eigenvalue weighted by Crippen LogP contribution is -2.13. The summed E-state index contributed by atoms with van der Waals surface area (Å²) in [5.41, 5.74) is 3.31. The number of benzene rings is 2. The topological polar surface area (TPSA) is 77.6 Å². The van der Waals surface area contributed by atoms with Crippen molar-refractivity contribution in [3.63, 3.8) is 0 Å². The van der Waals surface area contributed by atoms with Gasteiger partial charge >= 0.3 is 0 Å². The second-order valence-corrected chi connectivity index (χ2v) is 8.29. The van der Waals surface area contributed by atoms with Gasteiger partial charge in [0.2, 0.25) is 0 Å². The minimum atomic E-state index is -0.299. The van der Waals surface area contributed by atoms with Gasteiger partial charge in [-0.15, -0.1) is 10.2 Å². The number of halogens is 1. The minimum Gasteiger partial charge on any atom is -0.322 e. The Morgan fingerprint density at radius 3 is 2.72 bits per heavy atom. The quantitative estimate of drug-likeness (QED) is 0.474. The highest BCUT2D eigenvalue weighted by atomic mass is 35.5. The SMILES string of the molecule is Cc1nn(-c2ccccc2)c(Cl)c1C(=O)Nc1cccc(-c2nnc3n2CCCCC3)c1. The van der Waals surface area contributed by atoms with E-state index in [9.17, 15) is 4.79 Å². The van der Waals surface area contributed by atoms with Crippen LogP contribution < -0.4 is 5.32 Å². The molecular weight excluding hydrogens is 424 g/mol. The Bertz CT molecular complexity index is 1280. The van der Waals surface area contributed by atoms with Gasteiger partial charge in [0.25, 0.3) is 5.91 Å². The van der Waals surface area contributed by atoms with Gasteiger partial charge in [-0.25, -0.2) is 4.68 Å². The van der Waals surface area contributed by atoms with Crippen molar-refractivity contribution in [2.24, 2.45) is 0 Å². The van der Waals surface area contributed by atoms with Gasteiger partial charge in [0.15, 0.2) is 5.82 Å². The zero-order chi connectivity index (χ0) is 22.1. The van der Waals surface area contributed by atoms with Crippen LogP contribution >= 0.6 is 11.6 Å². The smallest absolute Gasteiger partial charge is 0.260 e.